The molecule has 3 aromatic rings. The predicted octanol–water partition coefficient (Wildman–Crippen LogP) is 2.67. The Kier molecular flexibility index (Phi) is 5.01. The van der Waals surface area contributed by atoms with Crippen LogP contribution >= 0.6 is 22.9 Å². The molecule has 1 unspecified atom stereocenters. The Morgan fingerprint density at radius 1 is 1.16 bits per heavy atom. The summed E-state index contributed by atoms with van der Waals surface area (Å²) in [5, 5.41) is 14.9. The molecular formula is C21H23ClN6O2S2. The van der Waals surface area contributed by atoms with Crippen LogP contribution in [0.15, 0.2) is 23.1 Å². The second-order valence-corrected chi connectivity index (χ2v) is 11.5. The number of hydrogen-bond donors (Lipinski definition) is 2. The lowest BCUT2D eigenvalue weighted by Gasteiger charge is -2.35. The summed E-state index contributed by atoms with van der Waals surface area (Å²) in [7, 11) is -1.08. The van der Waals surface area contributed by atoms with Crippen LogP contribution in [0.2, 0.25) is 5.02 Å². The van der Waals surface area contributed by atoms with Crippen molar-refractivity contribution in [3.63, 3.8) is 0 Å². The van der Waals surface area contributed by atoms with Crippen LogP contribution in [0.25, 0.3) is 10.2 Å². The Balaban J connectivity index is 1.23. The summed E-state index contributed by atoms with van der Waals surface area (Å²) in [6.45, 7) is 3.26. The molecule has 32 heavy (non-hydrogen) atoms. The molecule has 1 saturated heterocycles. The van der Waals surface area contributed by atoms with E-state index in [0.717, 1.165) is 70.0 Å². The molecule has 11 heteroatoms. The summed E-state index contributed by atoms with van der Waals surface area (Å²) in [4.78, 5) is 19.5. The van der Waals surface area contributed by atoms with Crippen LogP contribution in [-0.2, 0) is 17.2 Å². The van der Waals surface area contributed by atoms with Crippen molar-refractivity contribution in [2.24, 2.45) is 0 Å². The van der Waals surface area contributed by atoms with E-state index in [-0.39, 0.29) is 12.1 Å². The number of anilines is 3. The third kappa shape index (κ3) is 3.63. The van der Waals surface area contributed by atoms with Crippen molar-refractivity contribution in [3.05, 3.63) is 28.9 Å². The Labute approximate surface area is 197 Å². The first-order valence-electron chi connectivity index (χ1n) is 10.8. The van der Waals surface area contributed by atoms with E-state index in [9.17, 15) is 9.32 Å². The smallest absolute Gasteiger partial charge is 0.227 e. The van der Waals surface area contributed by atoms with E-state index in [0.29, 0.717) is 23.9 Å². The fraction of sp³-hybridized carbons (Fsp3) is 0.476. The van der Waals surface area contributed by atoms with Crippen molar-refractivity contribution in [2.45, 2.75) is 29.7 Å². The maximum absolute atomic E-state index is 12.6. The maximum atomic E-state index is 12.6. The van der Waals surface area contributed by atoms with Crippen LogP contribution < -0.4 is 15.1 Å². The molecule has 1 saturated carbocycles. The van der Waals surface area contributed by atoms with Gasteiger partial charge in [-0.05, 0) is 31.0 Å². The first kappa shape index (κ1) is 20.6. The van der Waals surface area contributed by atoms with Gasteiger partial charge in [0.1, 0.15) is 10.7 Å². The molecule has 4 heterocycles. The first-order valence-corrected chi connectivity index (χ1v) is 13.3. The lowest BCUT2D eigenvalue weighted by Crippen LogP contribution is -2.47. The third-order valence-corrected chi connectivity index (χ3v) is 9.16. The number of thiazole rings is 1. The largest absolute Gasteiger partial charge is 0.394 e. The second-order valence-electron chi connectivity index (χ2n) is 8.59. The summed E-state index contributed by atoms with van der Waals surface area (Å²) in [6, 6.07) is 5.80. The number of aryl methyl sites for hydroxylation is 1. The molecule has 168 valence electrons. The number of nitrogens with one attached hydrogen (secondary N) is 1. The fourth-order valence-electron chi connectivity index (χ4n) is 4.25. The summed E-state index contributed by atoms with van der Waals surface area (Å²) in [5.74, 6) is 1.90. The molecule has 0 bridgehead atoms. The zero-order chi connectivity index (χ0) is 21.9. The number of fused-ring (bicyclic) bond motifs is 2. The van der Waals surface area contributed by atoms with Crippen molar-refractivity contribution in [3.8, 4) is 0 Å². The summed E-state index contributed by atoms with van der Waals surface area (Å²) in [6.07, 6.45) is 2.50. The third-order valence-electron chi connectivity index (χ3n) is 6.39. The number of rotatable bonds is 5. The van der Waals surface area contributed by atoms with Gasteiger partial charge in [-0.25, -0.2) is 9.97 Å². The zero-order valence-corrected chi connectivity index (χ0v) is 19.8. The number of piperazine rings is 1. The van der Waals surface area contributed by atoms with Gasteiger partial charge in [-0.2, -0.15) is 4.98 Å². The molecular weight excluding hydrogens is 468 g/mol. The average molecular weight is 491 g/mol. The van der Waals surface area contributed by atoms with Crippen molar-refractivity contribution >= 4 is 60.9 Å². The molecule has 3 aliphatic rings. The van der Waals surface area contributed by atoms with Crippen molar-refractivity contribution < 1.29 is 9.32 Å². The van der Waals surface area contributed by atoms with Gasteiger partial charge in [0.05, 0.1) is 38.9 Å². The summed E-state index contributed by atoms with van der Waals surface area (Å²) >= 11 is 7.79. The lowest BCUT2D eigenvalue weighted by molar-refractivity contribution is 0.265. The van der Waals surface area contributed by atoms with Crippen molar-refractivity contribution in [1.82, 2.24) is 15.0 Å². The van der Waals surface area contributed by atoms with E-state index < -0.39 is 10.8 Å². The number of hydrogen-bond acceptors (Lipinski definition) is 9. The minimum Gasteiger partial charge on any atom is -0.394 e. The molecule has 2 fully saturated rings. The van der Waals surface area contributed by atoms with E-state index in [2.05, 4.69) is 15.1 Å². The van der Waals surface area contributed by atoms with Crippen LogP contribution in [0.1, 0.15) is 18.5 Å². The van der Waals surface area contributed by atoms with Gasteiger partial charge in [-0.3, -0.25) is 4.21 Å². The first-order chi connectivity index (χ1) is 15.5. The van der Waals surface area contributed by atoms with Gasteiger partial charge in [-0.1, -0.05) is 22.9 Å². The van der Waals surface area contributed by atoms with Gasteiger partial charge in [0.15, 0.2) is 5.13 Å². The number of nitrogens with zero attached hydrogens (tertiary/aromatic N) is 5. The molecule has 2 aromatic heterocycles. The van der Waals surface area contributed by atoms with Crippen molar-refractivity contribution in [2.75, 3.05) is 53.7 Å². The minimum absolute atomic E-state index is 0.0554. The molecule has 2 N–H and O–H groups in total. The van der Waals surface area contributed by atoms with Crippen LogP contribution in [0.3, 0.4) is 0 Å². The molecule has 2 aliphatic heterocycles. The van der Waals surface area contributed by atoms with E-state index in [1.807, 2.05) is 18.2 Å². The Morgan fingerprint density at radius 3 is 2.69 bits per heavy atom. The van der Waals surface area contributed by atoms with Crippen LogP contribution in [-0.4, -0.2) is 68.3 Å². The lowest BCUT2D eigenvalue weighted by atomic mass is 10.2. The van der Waals surface area contributed by atoms with Gasteiger partial charge in [0, 0.05) is 43.4 Å². The fourth-order valence-corrected chi connectivity index (χ4v) is 6.85. The monoisotopic (exact) mass is 490 g/mol. The molecule has 1 aromatic carbocycles. The normalized spacial score (nSPS) is 21.8. The van der Waals surface area contributed by atoms with E-state index in [1.165, 1.54) is 0 Å². The number of halogens is 1. The van der Waals surface area contributed by atoms with Gasteiger partial charge in [0.2, 0.25) is 5.95 Å². The maximum Gasteiger partial charge on any atom is 0.227 e. The number of aliphatic hydroxyl groups is 1. The number of aliphatic hydroxyl groups excluding tert-OH is 1. The molecule has 1 atom stereocenters. The predicted molar refractivity (Wildman–Crippen MR) is 129 cm³/mol. The quantitative estimate of drug-likeness (QED) is 0.563. The second kappa shape index (κ2) is 7.79. The van der Waals surface area contributed by atoms with Crippen LogP contribution in [0.5, 0.6) is 0 Å². The molecule has 0 amide bonds. The van der Waals surface area contributed by atoms with Gasteiger partial charge < -0.3 is 20.2 Å². The number of aromatic nitrogens is 3. The highest BCUT2D eigenvalue weighted by Gasteiger charge is 2.44. The Hall–Kier alpha value is -2.01. The van der Waals surface area contributed by atoms with Gasteiger partial charge in [-0.15, -0.1) is 0 Å². The summed E-state index contributed by atoms with van der Waals surface area (Å²) < 4.78 is 13.7. The van der Waals surface area contributed by atoms with Gasteiger partial charge in [0.25, 0.3) is 0 Å². The molecule has 0 spiro atoms. The van der Waals surface area contributed by atoms with Crippen LogP contribution in [0.4, 0.5) is 16.9 Å². The molecule has 0 radical (unpaired) electrons. The highest BCUT2D eigenvalue weighted by atomic mass is 35.5. The topological polar surface area (TPSA) is 94.5 Å². The SMILES string of the molecule is O=S1CCc2nc(N3CCN(c4nc5ccc(Cl)cc5s4)CC3)nc(NC3(CO)CC3)c21. The number of benzene rings is 1. The van der Waals surface area contributed by atoms with Crippen LogP contribution in [0, 0.1) is 0 Å². The molecule has 1 aliphatic carbocycles. The molecule has 6 rings (SSSR count). The van der Waals surface area contributed by atoms with E-state index >= 15 is 0 Å². The van der Waals surface area contributed by atoms with E-state index in [4.69, 9.17) is 26.6 Å². The van der Waals surface area contributed by atoms with E-state index in [1.54, 1.807) is 11.3 Å². The molecule has 8 nitrogen and oxygen atoms in total. The minimum atomic E-state index is -1.08. The highest BCUT2D eigenvalue weighted by Crippen LogP contribution is 2.41. The average Bonchev–Trinajstić information content (AvgIpc) is 3.28. The Morgan fingerprint density at radius 2 is 1.94 bits per heavy atom. The summed E-state index contributed by atoms with van der Waals surface area (Å²) in [5.41, 5.74) is 1.52. The van der Waals surface area contributed by atoms with Gasteiger partial charge >= 0.3 is 0 Å². The highest BCUT2D eigenvalue weighted by molar-refractivity contribution is 7.85. The standard InChI is InChI=1S/C21H23ClN6O2S2/c22-13-1-2-14-16(11-13)31-20(24-14)28-8-6-27(7-9-28)19-23-15-3-10-32(30)17(15)18(25-19)26-21(12-29)4-5-21/h1-2,11,29H,3-10,12H2,(H,23,25,26). The van der Waals surface area contributed by atoms with Crippen molar-refractivity contribution in [1.29, 1.82) is 0 Å². The Bertz CT molecular complexity index is 1220. The zero-order valence-electron chi connectivity index (χ0n) is 17.4.